The maximum Gasteiger partial charge on any atom is 0.226 e. The van der Waals surface area contributed by atoms with Crippen LogP contribution in [0.4, 0.5) is 17.2 Å². The third-order valence-electron chi connectivity index (χ3n) is 6.52. The number of aromatic nitrogens is 2. The lowest BCUT2D eigenvalue weighted by molar-refractivity contribution is -0.135. The molecule has 1 amide bonds. The van der Waals surface area contributed by atoms with Crippen molar-refractivity contribution in [2.45, 2.75) is 26.2 Å². The van der Waals surface area contributed by atoms with Crippen molar-refractivity contribution in [3.05, 3.63) is 34.5 Å². The maximum atomic E-state index is 13.3. The Kier molecular flexibility index (Phi) is 7.51. The van der Waals surface area contributed by atoms with Gasteiger partial charge in [0.25, 0.3) is 0 Å². The molecule has 4 rings (SSSR count). The van der Waals surface area contributed by atoms with E-state index in [4.69, 9.17) is 15.9 Å². The minimum Gasteiger partial charge on any atom is -0.494 e. The standard InChI is InChI=1S/C25H33N7O2S/c1-5-32(9-8-31(2)3)25(33)15-6-7-17-21(11-15)35-24-22(17)23(28-14-29-24)30-19-10-16(13-26)18(27)12-20(19)34-4/h10,12-15,26H,5-9,11,27H2,1-4H3,(H,28,29,30)/t15-/m0/s1. The quantitative estimate of drug-likeness (QED) is 0.307. The van der Waals surface area contributed by atoms with Crippen molar-refractivity contribution < 1.29 is 9.53 Å². The largest absolute Gasteiger partial charge is 0.494 e. The second-order valence-corrected chi connectivity index (χ2v) is 10.1. The summed E-state index contributed by atoms with van der Waals surface area (Å²) >= 11 is 1.65. The molecule has 9 nitrogen and oxygen atoms in total. The molecular formula is C25H33N7O2S. The zero-order valence-corrected chi connectivity index (χ0v) is 21.5. The van der Waals surface area contributed by atoms with Crippen molar-refractivity contribution in [3.8, 4) is 5.75 Å². The number of rotatable bonds is 9. The van der Waals surface area contributed by atoms with Gasteiger partial charge in [0.05, 0.1) is 18.2 Å². The number of nitrogen functional groups attached to an aromatic ring is 1. The van der Waals surface area contributed by atoms with Crippen molar-refractivity contribution in [2.24, 2.45) is 5.92 Å². The van der Waals surface area contributed by atoms with Gasteiger partial charge in [0.15, 0.2) is 0 Å². The zero-order valence-electron chi connectivity index (χ0n) is 20.7. The van der Waals surface area contributed by atoms with Gasteiger partial charge in [0.2, 0.25) is 5.91 Å². The van der Waals surface area contributed by atoms with Gasteiger partial charge in [0, 0.05) is 54.0 Å². The number of aryl methyl sites for hydroxylation is 1. The number of methoxy groups -OCH3 is 1. The molecule has 10 heteroatoms. The van der Waals surface area contributed by atoms with E-state index >= 15 is 0 Å². The molecule has 0 spiro atoms. The number of amides is 1. The molecular weight excluding hydrogens is 462 g/mol. The zero-order chi connectivity index (χ0) is 25.1. The number of fused-ring (bicyclic) bond motifs is 3. The second-order valence-electron chi connectivity index (χ2n) is 9.02. The van der Waals surface area contributed by atoms with Crippen molar-refractivity contribution in [3.63, 3.8) is 0 Å². The first-order valence-corrected chi connectivity index (χ1v) is 12.6. The number of nitrogens with one attached hydrogen (secondary N) is 2. The van der Waals surface area contributed by atoms with E-state index in [0.29, 0.717) is 28.5 Å². The molecule has 1 aliphatic carbocycles. The van der Waals surface area contributed by atoms with Crippen molar-refractivity contribution >= 4 is 50.9 Å². The third kappa shape index (κ3) is 5.08. The fraction of sp³-hybridized carbons (Fsp3) is 0.440. The minimum atomic E-state index is -0.00520. The summed E-state index contributed by atoms with van der Waals surface area (Å²) in [5, 5.41) is 12.0. The van der Waals surface area contributed by atoms with E-state index in [9.17, 15) is 4.79 Å². The molecule has 0 bridgehead atoms. The van der Waals surface area contributed by atoms with E-state index in [1.54, 1.807) is 36.9 Å². The number of hydrogen-bond donors (Lipinski definition) is 3. The van der Waals surface area contributed by atoms with Gasteiger partial charge in [0.1, 0.15) is 22.7 Å². The van der Waals surface area contributed by atoms with Crippen LogP contribution in [-0.2, 0) is 17.6 Å². The number of hydrogen-bond acceptors (Lipinski definition) is 9. The van der Waals surface area contributed by atoms with Gasteiger partial charge in [-0.2, -0.15) is 0 Å². The Morgan fingerprint density at radius 3 is 2.83 bits per heavy atom. The Labute approximate surface area is 209 Å². The highest BCUT2D eigenvalue weighted by Gasteiger charge is 2.31. The molecule has 0 fully saturated rings. The van der Waals surface area contributed by atoms with Gasteiger partial charge in [-0.05, 0) is 51.9 Å². The van der Waals surface area contributed by atoms with Gasteiger partial charge < -0.3 is 31.0 Å². The number of carbonyl (C=O) groups excluding carboxylic acids is 1. The SMILES string of the molecule is CCN(CCN(C)C)C(=O)[C@H]1CCc2c(sc3ncnc(Nc4cc(C=N)c(N)cc4OC)c23)C1. The smallest absolute Gasteiger partial charge is 0.226 e. The summed E-state index contributed by atoms with van der Waals surface area (Å²) in [5.41, 5.74) is 9.00. The lowest BCUT2D eigenvalue weighted by Crippen LogP contribution is -2.41. The Bertz CT molecular complexity index is 1240. The predicted octanol–water partition coefficient (Wildman–Crippen LogP) is 3.54. The summed E-state index contributed by atoms with van der Waals surface area (Å²) in [6, 6.07) is 3.49. The van der Waals surface area contributed by atoms with E-state index in [-0.39, 0.29) is 11.8 Å². The van der Waals surface area contributed by atoms with E-state index in [0.717, 1.165) is 49.1 Å². The molecule has 0 saturated heterocycles. The average Bonchev–Trinajstić information content (AvgIpc) is 3.23. The molecule has 2 aromatic heterocycles. The summed E-state index contributed by atoms with van der Waals surface area (Å²) in [4.78, 5) is 28.5. The molecule has 0 saturated carbocycles. The number of thiophene rings is 1. The predicted molar refractivity (Wildman–Crippen MR) is 142 cm³/mol. The summed E-state index contributed by atoms with van der Waals surface area (Å²) in [6.45, 7) is 4.38. The van der Waals surface area contributed by atoms with Gasteiger partial charge >= 0.3 is 0 Å². The molecule has 2 heterocycles. The highest BCUT2D eigenvalue weighted by Crippen LogP contribution is 2.42. The van der Waals surface area contributed by atoms with Crippen LogP contribution in [0, 0.1) is 11.3 Å². The lowest BCUT2D eigenvalue weighted by Gasteiger charge is -2.29. The molecule has 1 aliphatic rings. The monoisotopic (exact) mass is 495 g/mol. The van der Waals surface area contributed by atoms with Crippen LogP contribution in [0.5, 0.6) is 5.75 Å². The number of likely N-dealkylation sites (N-methyl/N-ethyl adjacent to an activating group) is 2. The molecule has 186 valence electrons. The van der Waals surface area contributed by atoms with Crippen LogP contribution in [0.25, 0.3) is 10.2 Å². The van der Waals surface area contributed by atoms with Crippen molar-refractivity contribution in [1.82, 2.24) is 19.8 Å². The van der Waals surface area contributed by atoms with Crippen LogP contribution in [0.15, 0.2) is 18.5 Å². The van der Waals surface area contributed by atoms with Gasteiger partial charge in [-0.15, -0.1) is 11.3 Å². The normalized spacial score (nSPS) is 15.2. The van der Waals surface area contributed by atoms with E-state index in [1.165, 1.54) is 16.7 Å². The highest BCUT2D eigenvalue weighted by molar-refractivity contribution is 7.19. The van der Waals surface area contributed by atoms with Crippen molar-refractivity contribution in [1.29, 1.82) is 5.41 Å². The minimum absolute atomic E-state index is 0.00520. The van der Waals surface area contributed by atoms with E-state index in [2.05, 4.69) is 20.2 Å². The Balaban J connectivity index is 1.62. The van der Waals surface area contributed by atoms with Crippen LogP contribution in [-0.4, -0.2) is 72.7 Å². The molecule has 0 aliphatic heterocycles. The Morgan fingerprint density at radius 1 is 1.34 bits per heavy atom. The van der Waals surface area contributed by atoms with Crippen LogP contribution in [0.3, 0.4) is 0 Å². The number of nitrogens with two attached hydrogens (primary N) is 1. The summed E-state index contributed by atoms with van der Waals surface area (Å²) in [6.07, 6.45) is 5.13. The molecule has 0 radical (unpaired) electrons. The Morgan fingerprint density at radius 2 is 2.14 bits per heavy atom. The molecule has 4 N–H and O–H groups in total. The van der Waals surface area contributed by atoms with Gasteiger partial charge in [-0.1, -0.05) is 0 Å². The van der Waals surface area contributed by atoms with Crippen LogP contribution < -0.4 is 15.8 Å². The number of carbonyl (C=O) groups is 1. The second kappa shape index (κ2) is 10.6. The molecule has 0 unspecified atom stereocenters. The molecule has 1 aromatic carbocycles. The lowest BCUT2D eigenvalue weighted by atomic mass is 9.87. The van der Waals surface area contributed by atoms with Crippen LogP contribution in [0.2, 0.25) is 0 Å². The summed E-state index contributed by atoms with van der Waals surface area (Å²) in [7, 11) is 5.64. The molecule has 3 aromatic rings. The highest BCUT2D eigenvalue weighted by atomic mass is 32.1. The molecule has 1 atom stereocenters. The summed E-state index contributed by atoms with van der Waals surface area (Å²) in [5.74, 6) is 1.51. The first-order chi connectivity index (χ1) is 16.9. The first kappa shape index (κ1) is 24.9. The average molecular weight is 496 g/mol. The summed E-state index contributed by atoms with van der Waals surface area (Å²) < 4.78 is 5.51. The van der Waals surface area contributed by atoms with Gasteiger partial charge in [-0.3, -0.25) is 4.79 Å². The Hall–Kier alpha value is -3.24. The maximum absolute atomic E-state index is 13.3. The molecule has 35 heavy (non-hydrogen) atoms. The number of anilines is 3. The van der Waals surface area contributed by atoms with Crippen LogP contribution in [0.1, 0.15) is 29.3 Å². The van der Waals surface area contributed by atoms with Gasteiger partial charge in [-0.25, -0.2) is 9.97 Å². The van der Waals surface area contributed by atoms with E-state index in [1.807, 2.05) is 25.9 Å². The first-order valence-electron chi connectivity index (χ1n) is 11.8. The third-order valence-corrected chi connectivity index (χ3v) is 7.68. The fourth-order valence-corrected chi connectivity index (χ4v) is 5.82. The number of ether oxygens (including phenoxy) is 1. The van der Waals surface area contributed by atoms with Crippen molar-refractivity contribution in [2.75, 3.05) is 51.9 Å². The topological polar surface area (TPSA) is 120 Å². The number of benzene rings is 1. The fourth-order valence-electron chi connectivity index (χ4n) is 4.55. The van der Waals surface area contributed by atoms with Crippen LogP contribution >= 0.6 is 11.3 Å². The van der Waals surface area contributed by atoms with E-state index < -0.39 is 0 Å². The number of nitrogens with zero attached hydrogens (tertiary/aromatic N) is 4.